The minimum atomic E-state index is -2.82. The van der Waals surface area contributed by atoms with Crippen LogP contribution in [0.15, 0.2) is 60.0 Å². The Morgan fingerprint density at radius 1 is 1.13 bits per heavy atom. The van der Waals surface area contributed by atoms with Crippen molar-refractivity contribution in [2.45, 2.75) is 18.2 Å². The molecule has 30 heavy (non-hydrogen) atoms. The molecule has 1 unspecified atom stereocenters. The predicted octanol–water partition coefficient (Wildman–Crippen LogP) is 4.68. The van der Waals surface area contributed by atoms with E-state index in [9.17, 15) is 8.60 Å². The highest BCUT2D eigenvalue weighted by Crippen LogP contribution is 2.34. The van der Waals surface area contributed by atoms with Crippen LogP contribution in [0.1, 0.15) is 18.1 Å². The van der Waals surface area contributed by atoms with E-state index in [1.165, 1.54) is 0 Å². The highest BCUT2D eigenvalue weighted by molar-refractivity contribution is 7.92. The first-order valence-corrected chi connectivity index (χ1v) is 11.4. The van der Waals surface area contributed by atoms with Gasteiger partial charge in [-0.05, 0) is 41.3 Å². The van der Waals surface area contributed by atoms with Crippen LogP contribution in [0, 0.1) is 10.7 Å². The van der Waals surface area contributed by atoms with Crippen LogP contribution >= 0.6 is 0 Å². The second-order valence-corrected chi connectivity index (χ2v) is 9.67. The lowest BCUT2D eigenvalue weighted by Gasteiger charge is -2.21. The third-order valence-corrected chi connectivity index (χ3v) is 7.28. The fourth-order valence-electron chi connectivity index (χ4n) is 3.66. The molecule has 2 heterocycles. The van der Waals surface area contributed by atoms with Crippen molar-refractivity contribution in [3.63, 3.8) is 0 Å². The molecule has 5 nitrogen and oxygen atoms in total. The van der Waals surface area contributed by atoms with E-state index < -0.39 is 15.7 Å². The van der Waals surface area contributed by atoms with Crippen LogP contribution in [-0.4, -0.2) is 21.5 Å². The molecule has 0 radical (unpaired) electrons. The number of hydrogen-bond acceptors (Lipinski definition) is 5. The summed E-state index contributed by atoms with van der Waals surface area (Å²) < 4.78 is 34.8. The summed E-state index contributed by atoms with van der Waals surface area (Å²) >= 11 is 0. The minimum absolute atomic E-state index is 0.126. The van der Waals surface area contributed by atoms with Crippen molar-refractivity contribution in [2.75, 3.05) is 18.0 Å². The first-order chi connectivity index (χ1) is 14.3. The number of aromatic nitrogens is 1. The molecule has 1 aromatic heterocycles. The van der Waals surface area contributed by atoms with Crippen LogP contribution < -0.4 is 11.1 Å². The number of rotatable bonds is 4. The zero-order valence-electron chi connectivity index (χ0n) is 16.7. The monoisotopic (exact) mass is 422 g/mol. The molecule has 4 rings (SSSR count). The summed E-state index contributed by atoms with van der Waals surface area (Å²) in [5.74, 6) is -0.309. The number of hydrogen-bond donors (Lipinski definition) is 3. The van der Waals surface area contributed by atoms with Gasteiger partial charge in [-0.2, -0.15) is 4.39 Å². The molecule has 4 N–H and O–H groups in total. The van der Waals surface area contributed by atoms with Gasteiger partial charge in [-0.1, -0.05) is 43.8 Å². The fraction of sp³-hybridized carbons (Fsp3) is 0.174. The number of halogens is 1. The van der Waals surface area contributed by atoms with Crippen LogP contribution in [0.2, 0.25) is 0 Å². The first-order valence-electron chi connectivity index (χ1n) is 9.69. The van der Waals surface area contributed by atoms with E-state index in [-0.39, 0.29) is 11.6 Å². The maximum absolute atomic E-state index is 14.7. The number of nitrogens with one attached hydrogen (secondary N) is 2. The van der Waals surface area contributed by atoms with Crippen LogP contribution in [0.3, 0.4) is 0 Å². The summed E-state index contributed by atoms with van der Waals surface area (Å²) in [4.78, 5) is 4.36. The molecule has 7 heteroatoms. The molecule has 0 saturated heterocycles. The Labute approximate surface area is 175 Å². The Bertz CT molecular complexity index is 1250. The van der Waals surface area contributed by atoms with E-state index >= 15 is 0 Å². The average Bonchev–Trinajstić information content (AvgIpc) is 2.74. The topological polar surface area (TPSA) is 91.9 Å². The van der Waals surface area contributed by atoms with Gasteiger partial charge >= 0.3 is 0 Å². The minimum Gasteiger partial charge on any atom is -0.385 e. The first kappa shape index (κ1) is 20.1. The summed E-state index contributed by atoms with van der Waals surface area (Å²) in [5.41, 5.74) is 11.6. The van der Waals surface area contributed by atoms with Crippen molar-refractivity contribution >= 4 is 21.2 Å². The largest absolute Gasteiger partial charge is 0.385 e. The van der Waals surface area contributed by atoms with Crippen LogP contribution in [0.25, 0.3) is 28.0 Å². The highest BCUT2D eigenvalue weighted by atomic mass is 32.2. The van der Waals surface area contributed by atoms with Crippen molar-refractivity contribution in [3.8, 4) is 22.3 Å². The van der Waals surface area contributed by atoms with Gasteiger partial charge in [0.15, 0.2) is 0 Å². The van der Waals surface area contributed by atoms with Crippen LogP contribution in [0.4, 0.5) is 10.2 Å². The van der Waals surface area contributed by atoms with E-state index in [0.717, 1.165) is 35.4 Å². The molecule has 3 aromatic rings. The number of nitrogens with two attached hydrogens (primary N) is 1. The Morgan fingerprint density at radius 3 is 2.53 bits per heavy atom. The predicted molar refractivity (Wildman–Crippen MR) is 120 cm³/mol. The molecule has 1 aliphatic heterocycles. The van der Waals surface area contributed by atoms with E-state index in [4.69, 9.17) is 10.5 Å². The van der Waals surface area contributed by atoms with Gasteiger partial charge in [0.25, 0.3) is 0 Å². The molecule has 0 fully saturated rings. The third kappa shape index (κ3) is 3.57. The molecule has 0 amide bonds. The second kappa shape index (κ2) is 7.57. The number of anilines is 1. The van der Waals surface area contributed by atoms with Gasteiger partial charge in [-0.25, -0.2) is 14.0 Å². The van der Waals surface area contributed by atoms with E-state index in [0.29, 0.717) is 21.6 Å². The highest BCUT2D eigenvalue weighted by Gasteiger charge is 2.17. The SMILES string of the molecule is C=C1NCCc2cc(-c3cc(-c4ccc(S(=N)(=O)CC)cc4)c(F)nc3N)ccc21. The number of pyridine rings is 1. The average molecular weight is 423 g/mol. The summed E-state index contributed by atoms with van der Waals surface area (Å²) in [6.07, 6.45) is 0.870. The zero-order chi connectivity index (χ0) is 21.5. The Morgan fingerprint density at radius 2 is 1.83 bits per heavy atom. The summed E-state index contributed by atoms with van der Waals surface area (Å²) in [7, 11) is -2.82. The fourth-order valence-corrected chi connectivity index (χ4v) is 4.57. The van der Waals surface area contributed by atoms with Crippen LogP contribution in [-0.2, 0) is 16.1 Å². The van der Waals surface area contributed by atoms with Gasteiger partial charge in [-0.3, -0.25) is 0 Å². The van der Waals surface area contributed by atoms with Gasteiger partial charge in [0.2, 0.25) is 5.95 Å². The molecular formula is C23H23FN4OS. The van der Waals surface area contributed by atoms with Crippen molar-refractivity contribution in [1.29, 1.82) is 4.78 Å². The summed E-state index contributed by atoms with van der Waals surface area (Å²) in [6, 6.07) is 14.2. The Balaban J connectivity index is 1.78. The molecule has 154 valence electrons. The van der Waals surface area contributed by atoms with Crippen molar-refractivity contribution < 1.29 is 8.60 Å². The van der Waals surface area contributed by atoms with Crippen molar-refractivity contribution in [1.82, 2.24) is 10.3 Å². The molecule has 1 aliphatic rings. The number of nitrogen functional groups attached to an aromatic ring is 1. The number of fused-ring (bicyclic) bond motifs is 1. The normalized spacial score (nSPS) is 15.2. The molecule has 0 saturated carbocycles. The number of nitrogens with zero attached hydrogens (tertiary/aromatic N) is 1. The van der Waals surface area contributed by atoms with Crippen molar-refractivity contribution in [3.05, 3.63) is 72.2 Å². The van der Waals surface area contributed by atoms with E-state index in [1.807, 2.05) is 12.1 Å². The van der Waals surface area contributed by atoms with Crippen LogP contribution in [0.5, 0.6) is 0 Å². The van der Waals surface area contributed by atoms with Gasteiger partial charge in [0.1, 0.15) is 5.82 Å². The lowest BCUT2D eigenvalue weighted by Crippen LogP contribution is -2.21. The van der Waals surface area contributed by atoms with E-state index in [1.54, 1.807) is 37.3 Å². The molecule has 0 spiro atoms. The van der Waals surface area contributed by atoms with Gasteiger partial charge < -0.3 is 11.1 Å². The summed E-state index contributed by atoms with van der Waals surface area (Å²) in [6.45, 7) is 6.57. The lowest BCUT2D eigenvalue weighted by molar-refractivity contribution is 0.590. The molecular weight excluding hydrogens is 399 g/mol. The molecule has 0 aliphatic carbocycles. The zero-order valence-corrected chi connectivity index (χ0v) is 17.5. The quantitative estimate of drug-likeness (QED) is 0.533. The van der Waals surface area contributed by atoms with Gasteiger partial charge in [0.05, 0.1) is 9.73 Å². The molecule has 2 aromatic carbocycles. The third-order valence-electron chi connectivity index (χ3n) is 5.43. The molecule has 0 bridgehead atoms. The number of benzene rings is 2. The summed E-state index contributed by atoms with van der Waals surface area (Å²) in [5, 5.41) is 3.25. The standard InChI is InChI=1S/C23H23FN4OS/c1-3-30(26,29)18-7-4-15(5-8-18)20-13-21(23(25)28-22(20)24)16-6-9-19-14(2)27-11-10-17(19)12-16/h4-9,12-13,26-27H,2-3,10-11H2,1H3,(H2,25,28). The van der Waals surface area contributed by atoms with Gasteiger partial charge in [-0.15, -0.1) is 0 Å². The van der Waals surface area contributed by atoms with Gasteiger partial charge in [0, 0.05) is 39.6 Å². The molecule has 1 atom stereocenters. The maximum atomic E-state index is 14.7. The maximum Gasteiger partial charge on any atom is 0.222 e. The Kier molecular flexibility index (Phi) is 5.07. The smallest absolute Gasteiger partial charge is 0.222 e. The van der Waals surface area contributed by atoms with Crippen molar-refractivity contribution in [2.24, 2.45) is 0 Å². The van der Waals surface area contributed by atoms with E-state index in [2.05, 4.69) is 22.9 Å². The second-order valence-electron chi connectivity index (χ2n) is 7.28. The Hall–Kier alpha value is -3.19. The lowest BCUT2D eigenvalue weighted by atomic mass is 9.93.